The molecule has 0 saturated heterocycles. The molecular formula is C26H27BrN4O4. The Morgan fingerprint density at radius 3 is 2.34 bits per heavy atom. The monoisotopic (exact) mass is 538 g/mol. The second-order valence-electron chi connectivity index (χ2n) is 7.88. The molecule has 0 spiro atoms. The van der Waals surface area contributed by atoms with E-state index < -0.39 is 0 Å². The number of unbranched alkanes of at least 4 members (excludes halogenated alkanes) is 1. The molecule has 2 aromatic carbocycles. The Hall–Kier alpha value is -3.59. The minimum Gasteiger partial charge on any atom is -0.496 e. The molecular weight excluding hydrogens is 512 g/mol. The molecule has 0 aliphatic heterocycles. The lowest BCUT2D eigenvalue weighted by molar-refractivity contribution is 0.0955. The second kappa shape index (κ2) is 10.8. The average Bonchev–Trinajstić information content (AvgIpc) is 3.31. The highest BCUT2D eigenvalue weighted by Crippen LogP contribution is 2.41. The molecule has 2 aromatic heterocycles. The normalized spacial score (nSPS) is 10.9. The summed E-state index contributed by atoms with van der Waals surface area (Å²) in [5, 5.41) is 11.2. The van der Waals surface area contributed by atoms with Gasteiger partial charge in [0.25, 0.3) is 5.91 Å². The van der Waals surface area contributed by atoms with Crippen LogP contribution >= 0.6 is 15.9 Å². The molecule has 2 N–H and O–H groups in total. The van der Waals surface area contributed by atoms with Gasteiger partial charge in [0, 0.05) is 28.2 Å². The van der Waals surface area contributed by atoms with Gasteiger partial charge >= 0.3 is 0 Å². The van der Waals surface area contributed by atoms with Gasteiger partial charge in [0.1, 0.15) is 5.75 Å². The number of amides is 1. The first kappa shape index (κ1) is 24.5. The Morgan fingerprint density at radius 1 is 1.00 bits per heavy atom. The van der Waals surface area contributed by atoms with Crippen LogP contribution in [0.1, 0.15) is 30.1 Å². The van der Waals surface area contributed by atoms with E-state index in [1.807, 2.05) is 24.3 Å². The first-order valence-electron chi connectivity index (χ1n) is 11.2. The highest BCUT2D eigenvalue weighted by atomic mass is 79.9. The third-order valence-electron chi connectivity index (χ3n) is 5.70. The highest BCUT2D eigenvalue weighted by molar-refractivity contribution is 9.10. The summed E-state index contributed by atoms with van der Waals surface area (Å²) in [5.41, 5.74) is 3.72. The summed E-state index contributed by atoms with van der Waals surface area (Å²) in [6.07, 6.45) is 1.87. The maximum Gasteiger partial charge on any atom is 0.252 e. The number of hydrogen-bond donors (Lipinski definition) is 2. The molecule has 2 heterocycles. The van der Waals surface area contributed by atoms with Crippen molar-refractivity contribution in [3.8, 4) is 39.8 Å². The van der Waals surface area contributed by atoms with Gasteiger partial charge in [-0.15, -0.1) is 0 Å². The number of rotatable bonds is 9. The maximum atomic E-state index is 13.4. The molecule has 0 saturated carbocycles. The van der Waals surface area contributed by atoms with Crippen molar-refractivity contribution in [1.29, 1.82) is 0 Å². The molecule has 4 aromatic rings. The van der Waals surface area contributed by atoms with Gasteiger partial charge in [-0.2, -0.15) is 5.10 Å². The van der Waals surface area contributed by atoms with E-state index in [2.05, 4.69) is 38.4 Å². The molecule has 4 rings (SSSR count). The summed E-state index contributed by atoms with van der Waals surface area (Å²) in [4.78, 5) is 18.1. The third-order valence-corrected chi connectivity index (χ3v) is 6.23. The zero-order valence-corrected chi connectivity index (χ0v) is 21.7. The van der Waals surface area contributed by atoms with E-state index >= 15 is 0 Å². The number of carbonyl (C=O) groups is 1. The third kappa shape index (κ3) is 4.95. The maximum absolute atomic E-state index is 13.4. The highest BCUT2D eigenvalue weighted by Gasteiger charge is 2.22. The Bertz CT molecular complexity index is 1350. The van der Waals surface area contributed by atoms with Crippen molar-refractivity contribution >= 4 is 32.9 Å². The van der Waals surface area contributed by atoms with E-state index in [4.69, 9.17) is 19.2 Å². The van der Waals surface area contributed by atoms with E-state index in [0.29, 0.717) is 51.6 Å². The summed E-state index contributed by atoms with van der Waals surface area (Å²) < 4.78 is 17.5. The number of nitrogens with one attached hydrogen (secondary N) is 2. The fourth-order valence-electron chi connectivity index (χ4n) is 3.87. The van der Waals surface area contributed by atoms with E-state index in [1.54, 1.807) is 39.5 Å². The van der Waals surface area contributed by atoms with Crippen LogP contribution in [0.3, 0.4) is 0 Å². The van der Waals surface area contributed by atoms with Gasteiger partial charge in [-0.1, -0.05) is 41.4 Å². The Morgan fingerprint density at radius 2 is 1.69 bits per heavy atom. The second-order valence-corrected chi connectivity index (χ2v) is 8.79. The average molecular weight is 539 g/mol. The van der Waals surface area contributed by atoms with Crippen LogP contribution in [-0.2, 0) is 0 Å². The summed E-state index contributed by atoms with van der Waals surface area (Å²) in [6.45, 7) is 2.67. The van der Waals surface area contributed by atoms with E-state index in [-0.39, 0.29) is 5.91 Å². The first-order valence-corrected chi connectivity index (χ1v) is 12.0. The van der Waals surface area contributed by atoms with Crippen molar-refractivity contribution < 1.29 is 19.0 Å². The molecule has 0 bridgehead atoms. The topological polar surface area (TPSA) is 98.4 Å². The van der Waals surface area contributed by atoms with Crippen LogP contribution in [-0.4, -0.2) is 49.0 Å². The zero-order chi connectivity index (χ0) is 24.9. The Balaban J connectivity index is 1.93. The summed E-state index contributed by atoms with van der Waals surface area (Å²) in [6, 6.07) is 13.1. The SMILES string of the molecule is CCCCNC(=O)c1cc(-c2cc(OC)c(OC)cc2OC)nc2n[nH]c(-c3ccc(Br)cc3)c12. The number of nitrogens with zero attached hydrogens (tertiary/aromatic N) is 2. The molecule has 35 heavy (non-hydrogen) atoms. The van der Waals surface area contributed by atoms with E-state index in [9.17, 15) is 4.79 Å². The first-order chi connectivity index (χ1) is 17.0. The molecule has 0 aliphatic carbocycles. The number of hydrogen-bond acceptors (Lipinski definition) is 6. The molecule has 8 nitrogen and oxygen atoms in total. The molecule has 0 aliphatic rings. The lowest BCUT2D eigenvalue weighted by Gasteiger charge is -2.15. The van der Waals surface area contributed by atoms with Crippen molar-refractivity contribution in [3.63, 3.8) is 0 Å². The van der Waals surface area contributed by atoms with Gasteiger partial charge < -0.3 is 19.5 Å². The van der Waals surface area contributed by atoms with Crippen LogP contribution in [0.15, 0.2) is 46.9 Å². The number of aromatic nitrogens is 3. The number of carbonyl (C=O) groups excluding carboxylic acids is 1. The fourth-order valence-corrected chi connectivity index (χ4v) is 4.13. The van der Waals surface area contributed by atoms with Crippen LogP contribution in [0.2, 0.25) is 0 Å². The van der Waals surface area contributed by atoms with Gasteiger partial charge in [-0.3, -0.25) is 9.89 Å². The summed E-state index contributed by atoms with van der Waals surface area (Å²) in [5.74, 6) is 1.41. The van der Waals surface area contributed by atoms with Gasteiger partial charge in [-0.25, -0.2) is 4.98 Å². The van der Waals surface area contributed by atoms with Gasteiger partial charge in [0.2, 0.25) is 0 Å². The van der Waals surface area contributed by atoms with Crippen LogP contribution in [0, 0.1) is 0 Å². The number of fused-ring (bicyclic) bond motifs is 1. The smallest absolute Gasteiger partial charge is 0.252 e. The van der Waals surface area contributed by atoms with Gasteiger partial charge in [0.15, 0.2) is 17.1 Å². The van der Waals surface area contributed by atoms with Crippen molar-refractivity contribution in [1.82, 2.24) is 20.5 Å². The van der Waals surface area contributed by atoms with Crippen LogP contribution in [0.5, 0.6) is 17.2 Å². The molecule has 0 atom stereocenters. The molecule has 0 fully saturated rings. The summed E-state index contributed by atoms with van der Waals surface area (Å²) in [7, 11) is 4.70. The lowest BCUT2D eigenvalue weighted by Crippen LogP contribution is -2.24. The lowest BCUT2D eigenvalue weighted by atomic mass is 10.0. The van der Waals surface area contributed by atoms with Crippen LogP contribution in [0.25, 0.3) is 33.5 Å². The number of ether oxygens (including phenoxy) is 3. The number of H-pyrrole nitrogens is 1. The van der Waals surface area contributed by atoms with Crippen molar-refractivity contribution in [2.75, 3.05) is 27.9 Å². The summed E-state index contributed by atoms with van der Waals surface area (Å²) >= 11 is 3.47. The number of aromatic amines is 1. The predicted molar refractivity (Wildman–Crippen MR) is 139 cm³/mol. The standard InChI is InChI=1S/C26H27BrN4O4/c1-5-6-11-28-26(32)18-12-19(17-13-21(34-3)22(35-4)14-20(17)33-2)29-25-23(18)24(30-31-25)15-7-9-16(27)10-8-15/h7-10,12-14H,5-6,11H2,1-4H3,(H,28,32)(H,29,30,31). The minimum absolute atomic E-state index is 0.189. The molecule has 182 valence electrons. The molecule has 1 amide bonds. The molecule has 0 unspecified atom stereocenters. The predicted octanol–water partition coefficient (Wildman–Crippen LogP) is 5.61. The van der Waals surface area contributed by atoms with Gasteiger partial charge in [-0.05, 0) is 30.7 Å². The number of halogens is 1. The number of pyridine rings is 1. The molecule has 9 heteroatoms. The zero-order valence-electron chi connectivity index (χ0n) is 20.1. The van der Waals surface area contributed by atoms with E-state index in [1.165, 1.54) is 0 Å². The Kier molecular flexibility index (Phi) is 7.55. The van der Waals surface area contributed by atoms with Gasteiger partial charge in [0.05, 0.1) is 43.7 Å². The minimum atomic E-state index is -0.189. The van der Waals surface area contributed by atoms with Crippen molar-refractivity contribution in [2.45, 2.75) is 19.8 Å². The largest absolute Gasteiger partial charge is 0.496 e. The van der Waals surface area contributed by atoms with Crippen LogP contribution < -0.4 is 19.5 Å². The number of methoxy groups -OCH3 is 3. The van der Waals surface area contributed by atoms with Crippen LogP contribution in [0.4, 0.5) is 0 Å². The van der Waals surface area contributed by atoms with Crippen molar-refractivity contribution in [2.24, 2.45) is 0 Å². The number of benzene rings is 2. The fraction of sp³-hybridized carbons (Fsp3) is 0.269. The van der Waals surface area contributed by atoms with E-state index in [0.717, 1.165) is 28.6 Å². The van der Waals surface area contributed by atoms with Crippen molar-refractivity contribution in [3.05, 3.63) is 52.5 Å². The quantitative estimate of drug-likeness (QED) is 0.269. The Labute approximate surface area is 212 Å². The molecule has 0 radical (unpaired) electrons.